The number of hydrogen-bond acceptors (Lipinski definition) is 4. The number of halogens is 1. The van der Waals surface area contributed by atoms with E-state index in [-0.39, 0.29) is 29.7 Å². The van der Waals surface area contributed by atoms with E-state index in [1.807, 2.05) is 0 Å². The van der Waals surface area contributed by atoms with Crippen LogP contribution in [0, 0.1) is 0 Å². The Morgan fingerprint density at radius 1 is 1.11 bits per heavy atom. The van der Waals surface area contributed by atoms with Gasteiger partial charge >= 0.3 is 0 Å². The van der Waals surface area contributed by atoms with Gasteiger partial charge in [-0.05, 0) is 25.7 Å². The molecule has 0 aliphatic carbocycles. The highest BCUT2D eigenvalue weighted by atomic mass is 35.5. The highest BCUT2D eigenvalue weighted by Crippen LogP contribution is 2.26. The molecule has 2 fully saturated rings. The molecular formula is C10H18ClNO4S2. The Bertz CT molecular complexity index is 488. The van der Waals surface area contributed by atoms with Crippen molar-refractivity contribution in [1.82, 2.24) is 4.31 Å². The van der Waals surface area contributed by atoms with Gasteiger partial charge in [-0.15, -0.1) is 11.6 Å². The van der Waals surface area contributed by atoms with Gasteiger partial charge in [0, 0.05) is 18.5 Å². The van der Waals surface area contributed by atoms with Crippen molar-refractivity contribution in [3.8, 4) is 0 Å². The number of rotatable bonds is 2. The quantitative estimate of drug-likeness (QED) is 0.699. The fourth-order valence-corrected chi connectivity index (χ4v) is 6.72. The van der Waals surface area contributed by atoms with Crippen LogP contribution in [0.15, 0.2) is 0 Å². The van der Waals surface area contributed by atoms with Gasteiger partial charge in [0.1, 0.15) is 9.84 Å². The summed E-state index contributed by atoms with van der Waals surface area (Å²) < 4.78 is 48.8. The maximum absolute atomic E-state index is 12.4. The molecule has 0 aromatic heterocycles. The summed E-state index contributed by atoms with van der Waals surface area (Å²) in [5, 5.41) is -0.677. The minimum absolute atomic E-state index is 0.0188. The predicted molar refractivity (Wildman–Crippen MR) is 71.0 cm³/mol. The summed E-state index contributed by atoms with van der Waals surface area (Å²) in [6, 6.07) is 0. The van der Waals surface area contributed by atoms with Crippen LogP contribution in [0.3, 0.4) is 0 Å². The van der Waals surface area contributed by atoms with Gasteiger partial charge in [-0.2, -0.15) is 0 Å². The molecule has 2 saturated heterocycles. The molecule has 0 N–H and O–H groups in total. The van der Waals surface area contributed by atoms with Gasteiger partial charge in [0.15, 0.2) is 0 Å². The van der Waals surface area contributed by atoms with Crippen LogP contribution in [0.4, 0.5) is 0 Å². The van der Waals surface area contributed by atoms with Crippen molar-refractivity contribution in [3.05, 3.63) is 0 Å². The zero-order valence-electron chi connectivity index (χ0n) is 10.1. The van der Waals surface area contributed by atoms with E-state index >= 15 is 0 Å². The highest BCUT2D eigenvalue weighted by Gasteiger charge is 2.38. The molecule has 8 heteroatoms. The van der Waals surface area contributed by atoms with Gasteiger partial charge in [-0.3, -0.25) is 0 Å². The lowest BCUT2D eigenvalue weighted by Crippen LogP contribution is -2.47. The molecule has 2 aliphatic heterocycles. The molecule has 1 atom stereocenters. The lowest BCUT2D eigenvalue weighted by molar-refractivity contribution is 0.344. The van der Waals surface area contributed by atoms with Crippen molar-refractivity contribution < 1.29 is 16.8 Å². The van der Waals surface area contributed by atoms with Crippen molar-refractivity contribution in [3.63, 3.8) is 0 Å². The minimum Gasteiger partial charge on any atom is -0.229 e. The van der Waals surface area contributed by atoms with Gasteiger partial charge in [0.2, 0.25) is 10.0 Å². The summed E-state index contributed by atoms with van der Waals surface area (Å²) in [4.78, 5) is 0. The molecule has 0 spiro atoms. The van der Waals surface area contributed by atoms with E-state index in [0.29, 0.717) is 13.1 Å². The molecule has 1 unspecified atom stereocenters. The van der Waals surface area contributed by atoms with Crippen molar-refractivity contribution >= 4 is 31.5 Å². The molecule has 5 nitrogen and oxygen atoms in total. The first kappa shape index (κ1) is 14.6. The van der Waals surface area contributed by atoms with Crippen molar-refractivity contribution in [2.75, 3.05) is 24.6 Å². The molecule has 2 heterocycles. The number of sulfone groups is 1. The number of hydrogen-bond donors (Lipinski definition) is 0. The first-order valence-corrected chi connectivity index (χ1v) is 9.91. The van der Waals surface area contributed by atoms with Crippen molar-refractivity contribution in [2.24, 2.45) is 0 Å². The van der Waals surface area contributed by atoms with Crippen LogP contribution in [0.2, 0.25) is 0 Å². The molecule has 0 saturated carbocycles. The van der Waals surface area contributed by atoms with Gasteiger partial charge in [-0.1, -0.05) is 0 Å². The largest absolute Gasteiger partial charge is 0.229 e. The minimum atomic E-state index is -3.38. The summed E-state index contributed by atoms with van der Waals surface area (Å²) in [5.41, 5.74) is 0. The number of nitrogens with zero attached hydrogens (tertiary/aromatic N) is 1. The Morgan fingerprint density at radius 3 is 2.28 bits per heavy atom. The fourth-order valence-electron chi connectivity index (χ4n) is 2.50. The highest BCUT2D eigenvalue weighted by molar-refractivity contribution is 7.92. The monoisotopic (exact) mass is 315 g/mol. The Hall–Kier alpha value is 0.150. The van der Waals surface area contributed by atoms with E-state index < -0.39 is 25.1 Å². The van der Waals surface area contributed by atoms with E-state index in [0.717, 1.165) is 12.8 Å². The Balaban J connectivity index is 2.07. The molecule has 2 aliphatic rings. The third-order valence-corrected chi connectivity index (χ3v) is 8.05. The summed E-state index contributed by atoms with van der Waals surface area (Å²) in [6.07, 6.45) is 2.05. The SMILES string of the molecule is O=S1(=O)CCC(S(=O)(=O)N2CCCC(Cl)C2)CC1. The number of sulfonamides is 1. The molecule has 18 heavy (non-hydrogen) atoms. The number of piperidine rings is 1. The van der Waals surface area contributed by atoms with Crippen LogP contribution in [0.25, 0.3) is 0 Å². The lowest BCUT2D eigenvalue weighted by Gasteiger charge is -2.33. The second-order valence-electron chi connectivity index (χ2n) is 4.99. The molecule has 0 aromatic carbocycles. The van der Waals surface area contributed by atoms with Crippen LogP contribution < -0.4 is 0 Å². The third-order valence-electron chi connectivity index (χ3n) is 3.61. The van der Waals surface area contributed by atoms with Gasteiger partial charge in [0.05, 0.1) is 16.8 Å². The first-order chi connectivity index (χ1) is 8.31. The Labute approximate surface area is 113 Å². The molecule has 2 rings (SSSR count). The molecule has 106 valence electrons. The molecule has 0 radical (unpaired) electrons. The molecule has 0 aromatic rings. The molecule has 0 amide bonds. The number of alkyl halides is 1. The van der Waals surface area contributed by atoms with E-state index in [1.54, 1.807) is 0 Å². The zero-order valence-corrected chi connectivity index (χ0v) is 12.5. The van der Waals surface area contributed by atoms with E-state index in [4.69, 9.17) is 11.6 Å². The van der Waals surface area contributed by atoms with E-state index in [1.165, 1.54) is 4.31 Å². The normalized spacial score (nSPS) is 31.3. The van der Waals surface area contributed by atoms with Crippen molar-refractivity contribution in [2.45, 2.75) is 36.3 Å². The maximum atomic E-state index is 12.4. The molecule has 0 bridgehead atoms. The average Bonchev–Trinajstić information content (AvgIpc) is 2.28. The average molecular weight is 316 g/mol. The Morgan fingerprint density at radius 2 is 1.72 bits per heavy atom. The summed E-state index contributed by atoms with van der Waals surface area (Å²) in [6.45, 7) is 0.863. The lowest BCUT2D eigenvalue weighted by atomic mass is 10.2. The maximum Gasteiger partial charge on any atom is 0.217 e. The third kappa shape index (κ3) is 3.18. The molecular weight excluding hydrogens is 298 g/mol. The van der Waals surface area contributed by atoms with Gasteiger partial charge < -0.3 is 0 Å². The van der Waals surface area contributed by atoms with Gasteiger partial charge in [-0.25, -0.2) is 21.1 Å². The standard InChI is InChI=1S/C10H18ClNO4S2/c11-9-2-1-5-12(8-9)18(15,16)10-3-6-17(13,14)7-4-10/h9-10H,1-8H2. The van der Waals surface area contributed by atoms with Gasteiger partial charge in [0.25, 0.3) is 0 Å². The van der Waals surface area contributed by atoms with Crippen LogP contribution >= 0.6 is 11.6 Å². The van der Waals surface area contributed by atoms with Crippen LogP contribution in [0.1, 0.15) is 25.7 Å². The van der Waals surface area contributed by atoms with Crippen molar-refractivity contribution in [1.29, 1.82) is 0 Å². The van der Waals surface area contributed by atoms with E-state index in [9.17, 15) is 16.8 Å². The van der Waals surface area contributed by atoms with Crippen LogP contribution in [-0.2, 0) is 19.9 Å². The predicted octanol–water partition coefficient (Wildman–Crippen LogP) is 0.597. The summed E-state index contributed by atoms with van der Waals surface area (Å²) in [7, 11) is -6.41. The van der Waals surface area contributed by atoms with Crippen LogP contribution in [-0.4, -0.2) is 56.4 Å². The van der Waals surface area contributed by atoms with E-state index in [2.05, 4.69) is 0 Å². The second-order valence-corrected chi connectivity index (χ2v) is 10.1. The Kier molecular flexibility index (Phi) is 4.26. The van der Waals surface area contributed by atoms with Crippen LogP contribution in [0.5, 0.6) is 0 Å². The second kappa shape index (κ2) is 5.26. The summed E-state index contributed by atoms with van der Waals surface area (Å²) >= 11 is 6.00. The topological polar surface area (TPSA) is 71.5 Å². The zero-order chi connectivity index (χ0) is 13.4. The smallest absolute Gasteiger partial charge is 0.217 e. The summed E-state index contributed by atoms with van der Waals surface area (Å²) in [5.74, 6) is -0.0376. The first-order valence-electron chi connectivity index (χ1n) is 6.15. The fraction of sp³-hybridized carbons (Fsp3) is 1.00.